The molecule has 1 saturated heterocycles. The third-order valence-electron chi connectivity index (χ3n) is 8.42. The van der Waals surface area contributed by atoms with Crippen LogP contribution in [0.3, 0.4) is 0 Å². The van der Waals surface area contributed by atoms with Crippen molar-refractivity contribution >= 4 is 17.6 Å². The Morgan fingerprint density at radius 3 is 2.56 bits per heavy atom. The van der Waals surface area contributed by atoms with E-state index in [0.29, 0.717) is 28.2 Å². The Kier molecular flexibility index (Phi) is 7.93. The first-order chi connectivity index (χ1) is 20.4. The molecule has 2 aromatic carbocycles. The molecule has 5 rings (SSSR count). The number of aromatic amines is 1. The van der Waals surface area contributed by atoms with Gasteiger partial charge in [-0.3, -0.25) is 4.90 Å². The van der Waals surface area contributed by atoms with Crippen molar-refractivity contribution in [3.8, 4) is 6.07 Å². The Morgan fingerprint density at radius 1 is 1.19 bits per heavy atom. The van der Waals surface area contributed by atoms with Gasteiger partial charge in [0.15, 0.2) is 0 Å². The third kappa shape index (κ3) is 5.55. The van der Waals surface area contributed by atoms with Crippen molar-refractivity contribution in [3.63, 3.8) is 0 Å². The fourth-order valence-electron chi connectivity index (χ4n) is 6.23. The van der Waals surface area contributed by atoms with E-state index in [0.717, 1.165) is 43.6 Å². The van der Waals surface area contributed by atoms with Gasteiger partial charge in [0.1, 0.15) is 12.6 Å². The molecule has 0 bridgehead atoms. The van der Waals surface area contributed by atoms with Crippen LogP contribution in [0, 0.1) is 11.3 Å². The lowest BCUT2D eigenvalue weighted by Crippen LogP contribution is -2.52. The van der Waals surface area contributed by atoms with Crippen LogP contribution in [0.25, 0.3) is 0 Å². The molecule has 1 unspecified atom stereocenters. The number of anilines is 2. The summed E-state index contributed by atoms with van der Waals surface area (Å²) in [4.78, 5) is 28.2. The van der Waals surface area contributed by atoms with Crippen LogP contribution in [-0.2, 0) is 22.3 Å². The second kappa shape index (κ2) is 11.3. The Balaban J connectivity index is 1.72. The number of methoxy groups -OCH3 is 1. The Morgan fingerprint density at radius 2 is 1.91 bits per heavy atom. The molecular formula is C30H33F3N7O3+. The maximum absolute atomic E-state index is 13.6. The molecule has 1 atom stereocenters. The number of halogens is 3. The van der Waals surface area contributed by atoms with Crippen molar-refractivity contribution in [2.24, 2.45) is 0 Å². The van der Waals surface area contributed by atoms with E-state index in [1.807, 2.05) is 0 Å². The first-order valence-electron chi connectivity index (χ1n) is 13.9. The summed E-state index contributed by atoms with van der Waals surface area (Å²) in [5.41, 5.74) is 0.603. The number of aromatic nitrogens is 3. The molecule has 0 aliphatic carbocycles. The summed E-state index contributed by atoms with van der Waals surface area (Å²) >= 11 is 0. The molecule has 2 N–H and O–H groups in total. The van der Waals surface area contributed by atoms with E-state index >= 15 is 0 Å². The Hall–Kier alpha value is -4.41. The summed E-state index contributed by atoms with van der Waals surface area (Å²) in [5, 5.41) is 19.7. The number of fused-ring (bicyclic) bond motifs is 1. The van der Waals surface area contributed by atoms with Crippen molar-refractivity contribution in [1.29, 1.82) is 5.26 Å². The zero-order chi connectivity index (χ0) is 31.1. The summed E-state index contributed by atoms with van der Waals surface area (Å²) in [6, 6.07) is 11.2. The molecule has 43 heavy (non-hydrogen) atoms. The van der Waals surface area contributed by atoms with Gasteiger partial charge in [-0.25, -0.2) is 19.3 Å². The largest absolute Gasteiger partial charge is 0.466 e. The number of quaternary nitrogens is 1. The number of ether oxygens (including phenoxy) is 1. The second-order valence-corrected chi connectivity index (χ2v) is 11.4. The minimum absolute atomic E-state index is 0.0156. The predicted octanol–water partition coefficient (Wildman–Crippen LogP) is 3.98. The maximum Gasteiger partial charge on any atom is 0.416 e. The normalized spacial score (nSPS) is 17.9. The highest BCUT2D eigenvalue weighted by molar-refractivity contribution is 5.93. The zero-order valence-electron chi connectivity index (χ0n) is 24.3. The van der Waals surface area contributed by atoms with E-state index in [1.165, 1.54) is 28.7 Å². The van der Waals surface area contributed by atoms with Crippen molar-refractivity contribution in [3.05, 3.63) is 86.5 Å². The van der Waals surface area contributed by atoms with Crippen LogP contribution < -0.4 is 15.9 Å². The molecule has 0 spiro atoms. The van der Waals surface area contributed by atoms with Crippen LogP contribution >= 0.6 is 0 Å². The number of alkyl halides is 3. The van der Waals surface area contributed by atoms with Gasteiger partial charge < -0.3 is 14.5 Å². The number of nitrogens with one attached hydrogen (secondary N) is 2. The van der Waals surface area contributed by atoms with E-state index in [2.05, 4.69) is 35.7 Å². The standard InChI is InChI=1S/C30H32F3N7O3/c1-18-25(27(41)43-4)26(24-9-8-19(16-34)14-20(24)17-40(2,3)23-10-12-35-13-11-23)39-28(36-37-29(39)42)38(18)22-7-5-6-21(15-22)30(31,32)33/h5-9,14-15,23,26,35H,10-13,17H2,1-4H3/p+1. The third-order valence-corrected chi connectivity index (χ3v) is 8.42. The second-order valence-electron chi connectivity index (χ2n) is 11.4. The first kappa shape index (κ1) is 30.1. The number of esters is 1. The van der Waals surface area contributed by atoms with E-state index in [1.54, 1.807) is 25.1 Å². The van der Waals surface area contributed by atoms with E-state index in [4.69, 9.17) is 4.74 Å². The van der Waals surface area contributed by atoms with Crippen LogP contribution in [-0.4, -0.2) is 65.6 Å². The van der Waals surface area contributed by atoms with Gasteiger partial charge >= 0.3 is 17.8 Å². The fraction of sp³-hybridized carbons (Fsp3) is 0.400. The molecule has 1 aromatic heterocycles. The van der Waals surface area contributed by atoms with Gasteiger partial charge in [0.2, 0.25) is 5.95 Å². The lowest BCUT2D eigenvalue weighted by molar-refractivity contribution is -0.929. The molecule has 226 valence electrons. The number of rotatable bonds is 6. The van der Waals surface area contributed by atoms with Gasteiger partial charge in [-0.2, -0.15) is 18.4 Å². The average molecular weight is 597 g/mol. The predicted molar refractivity (Wildman–Crippen MR) is 152 cm³/mol. The number of carbonyl (C=O) groups is 1. The Bertz CT molecular complexity index is 1680. The fourth-order valence-corrected chi connectivity index (χ4v) is 6.23. The number of allylic oxidation sites excluding steroid dienone is 1. The lowest BCUT2D eigenvalue weighted by Gasteiger charge is -2.41. The minimum Gasteiger partial charge on any atom is -0.466 e. The van der Waals surface area contributed by atoms with E-state index in [9.17, 15) is 28.0 Å². The smallest absolute Gasteiger partial charge is 0.416 e. The molecule has 3 heterocycles. The molecule has 0 amide bonds. The van der Waals surface area contributed by atoms with Gasteiger partial charge in [-0.1, -0.05) is 12.1 Å². The van der Waals surface area contributed by atoms with E-state index < -0.39 is 29.4 Å². The Labute approximate surface area is 246 Å². The van der Waals surface area contributed by atoms with Gasteiger partial charge in [-0.05, 0) is 42.8 Å². The molecule has 0 radical (unpaired) electrons. The molecule has 10 nitrogen and oxygen atoms in total. The number of H-pyrrole nitrogens is 1. The number of benzene rings is 2. The van der Waals surface area contributed by atoms with Crippen molar-refractivity contribution < 1.29 is 27.2 Å². The number of hydrogen-bond acceptors (Lipinski definition) is 7. The molecule has 3 aromatic rings. The number of carbonyl (C=O) groups excluding carboxylic acids is 1. The monoisotopic (exact) mass is 596 g/mol. The molecule has 2 aliphatic heterocycles. The van der Waals surface area contributed by atoms with E-state index in [-0.39, 0.29) is 22.9 Å². The van der Waals surface area contributed by atoms with Gasteiger partial charge in [0, 0.05) is 42.9 Å². The minimum atomic E-state index is -4.61. The molecule has 2 aliphatic rings. The SMILES string of the molecule is COC(=O)C1=C(C)N(c2cccc(C(F)(F)F)c2)c2n[nH]c(=O)n2C1c1ccc(C#N)cc1C[N+](C)(C)C1CCNCC1. The van der Waals surface area contributed by atoms with Crippen LogP contribution in [0.2, 0.25) is 0 Å². The highest BCUT2D eigenvalue weighted by atomic mass is 19.4. The molecular weight excluding hydrogens is 563 g/mol. The van der Waals surface area contributed by atoms with Gasteiger partial charge in [-0.15, -0.1) is 5.10 Å². The lowest BCUT2D eigenvalue weighted by atomic mass is 9.89. The summed E-state index contributed by atoms with van der Waals surface area (Å²) in [6.45, 7) is 3.88. The summed E-state index contributed by atoms with van der Waals surface area (Å²) in [6.07, 6.45) is -2.68. The number of hydrogen-bond donors (Lipinski definition) is 2. The van der Waals surface area contributed by atoms with Crippen LogP contribution in [0.4, 0.5) is 24.8 Å². The molecule has 13 heteroatoms. The first-order valence-corrected chi connectivity index (χ1v) is 13.9. The quantitative estimate of drug-likeness (QED) is 0.327. The highest BCUT2D eigenvalue weighted by Crippen LogP contribution is 2.44. The number of piperidine rings is 1. The summed E-state index contributed by atoms with van der Waals surface area (Å²) in [5.74, 6) is -0.734. The molecule has 0 saturated carbocycles. The summed E-state index contributed by atoms with van der Waals surface area (Å²) < 4.78 is 48.0. The zero-order valence-corrected chi connectivity index (χ0v) is 24.3. The summed E-state index contributed by atoms with van der Waals surface area (Å²) in [7, 11) is 5.44. The topological polar surface area (TPSA) is 116 Å². The average Bonchev–Trinajstić information content (AvgIpc) is 3.36. The van der Waals surface area contributed by atoms with Crippen molar-refractivity contribution in [2.75, 3.05) is 39.2 Å². The number of nitriles is 1. The van der Waals surface area contributed by atoms with Gasteiger partial charge in [0.05, 0.1) is 50.0 Å². The van der Waals surface area contributed by atoms with Crippen LogP contribution in [0.15, 0.2) is 58.5 Å². The highest BCUT2D eigenvalue weighted by Gasteiger charge is 2.42. The van der Waals surface area contributed by atoms with Crippen LogP contribution in [0.1, 0.15) is 48.1 Å². The maximum atomic E-state index is 13.6. The van der Waals surface area contributed by atoms with Crippen molar-refractivity contribution in [1.82, 2.24) is 20.1 Å². The van der Waals surface area contributed by atoms with Crippen LogP contribution in [0.5, 0.6) is 0 Å². The van der Waals surface area contributed by atoms with Gasteiger partial charge in [0.25, 0.3) is 0 Å². The van der Waals surface area contributed by atoms with Crippen molar-refractivity contribution in [2.45, 2.75) is 44.6 Å². The molecule has 1 fully saturated rings. The number of nitrogens with zero attached hydrogens (tertiary/aromatic N) is 5.